The summed E-state index contributed by atoms with van der Waals surface area (Å²) < 4.78 is 16.0. The van der Waals surface area contributed by atoms with Gasteiger partial charge in [0.2, 0.25) is 0 Å². The van der Waals surface area contributed by atoms with Crippen LogP contribution in [0.25, 0.3) is 0 Å². The Hall–Kier alpha value is -0.870. The zero-order valence-electron chi connectivity index (χ0n) is 8.54. The number of nitrogens with zero attached hydrogens (tertiary/aromatic N) is 2. The molecular formula is C11H9BrClFN2. The Morgan fingerprint density at radius 2 is 2.25 bits per heavy atom. The molecule has 0 radical (unpaired) electrons. The largest absolute Gasteiger partial charge is 0.264 e. The van der Waals surface area contributed by atoms with Crippen LogP contribution in [0.15, 0.2) is 28.9 Å². The molecule has 0 amide bonds. The van der Waals surface area contributed by atoms with Crippen LogP contribution in [-0.2, 0) is 6.54 Å². The third-order valence-corrected chi connectivity index (χ3v) is 3.24. The van der Waals surface area contributed by atoms with E-state index in [0.717, 1.165) is 10.2 Å². The summed E-state index contributed by atoms with van der Waals surface area (Å²) in [5, 5.41) is 4.68. The zero-order chi connectivity index (χ0) is 11.7. The molecule has 2 rings (SSSR count). The fourth-order valence-corrected chi connectivity index (χ4v) is 1.87. The van der Waals surface area contributed by atoms with Crippen LogP contribution in [-0.4, -0.2) is 9.78 Å². The molecule has 0 spiro atoms. The molecule has 0 bridgehead atoms. The minimum Gasteiger partial charge on any atom is -0.264 e. The van der Waals surface area contributed by atoms with Crippen LogP contribution in [0, 0.1) is 12.7 Å². The van der Waals surface area contributed by atoms with E-state index in [0.29, 0.717) is 17.1 Å². The van der Waals surface area contributed by atoms with Gasteiger partial charge >= 0.3 is 0 Å². The fraction of sp³-hybridized carbons (Fsp3) is 0.182. The van der Waals surface area contributed by atoms with Crippen LogP contribution >= 0.6 is 27.5 Å². The van der Waals surface area contributed by atoms with Gasteiger partial charge in [0.25, 0.3) is 0 Å². The van der Waals surface area contributed by atoms with E-state index < -0.39 is 0 Å². The molecule has 0 aliphatic rings. The topological polar surface area (TPSA) is 17.8 Å². The monoisotopic (exact) mass is 302 g/mol. The van der Waals surface area contributed by atoms with Crippen molar-refractivity contribution in [1.29, 1.82) is 0 Å². The molecule has 0 fully saturated rings. The number of hydrogen-bond donors (Lipinski definition) is 0. The molecule has 1 aromatic heterocycles. The van der Waals surface area contributed by atoms with E-state index >= 15 is 0 Å². The highest BCUT2D eigenvalue weighted by molar-refractivity contribution is 9.10. The molecule has 1 heterocycles. The Morgan fingerprint density at radius 1 is 1.50 bits per heavy atom. The normalized spacial score (nSPS) is 10.8. The van der Waals surface area contributed by atoms with Crippen molar-refractivity contribution in [3.63, 3.8) is 0 Å². The van der Waals surface area contributed by atoms with E-state index in [1.807, 2.05) is 6.92 Å². The summed E-state index contributed by atoms with van der Waals surface area (Å²) in [4.78, 5) is 0. The van der Waals surface area contributed by atoms with Crippen molar-refractivity contribution in [2.75, 3.05) is 0 Å². The first-order valence-electron chi connectivity index (χ1n) is 4.70. The molecule has 0 unspecified atom stereocenters. The van der Waals surface area contributed by atoms with Gasteiger partial charge in [0.15, 0.2) is 0 Å². The van der Waals surface area contributed by atoms with E-state index in [-0.39, 0.29) is 5.82 Å². The first kappa shape index (κ1) is 11.6. The summed E-state index contributed by atoms with van der Waals surface area (Å²) in [5.41, 5.74) is 1.43. The smallest absolute Gasteiger partial charge is 0.129 e. The van der Waals surface area contributed by atoms with Crippen LogP contribution in [0.5, 0.6) is 0 Å². The predicted molar refractivity (Wildman–Crippen MR) is 65.2 cm³/mol. The maximum atomic E-state index is 13.6. The maximum Gasteiger partial charge on any atom is 0.129 e. The Morgan fingerprint density at radius 3 is 2.81 bits per heavy atom. The Kier molecular flexibility index (Phi) is 3.30. The van der Waals surface area contributed by atoms with Crippen LogP contribution in [0.2, 0.25) is 5.02 Å². The molecule has 0 saturated heterocycles. The van der Waals surface area contributed by atoms with Gasteiger partial charge in [0.1, 0.15) is 5.82 Å². The Balaban J connectivity index is 2.30. The minimum absolute atomic E-state index is 0.250. The number of aromatic nitrogens is 2. The van der Waals surface area contributed by atoms with Gasteiger partial charge in [-0.25, -0.2) is 4.39 Å². The summed E-state index contributed by atoms with van der Waals surface area (Å²) in [5.74, 6) is -0.250. The quantitative estimate of drug-likeness (QED) is 0.825. The second kappa shape index (κ2) is 4.55. The van der Waals surface area contributed by atoms with Crippen LogP contribution in [0.4, 0.5) is 4.39 Å². The fourth-order valence-electron chi connectivity index (χ4n) is 1.39. The molecule has 84 valence electrons. The molecule has 0 atom stereocenters. The predicted octanol–water partition coefficient (Wildman–Crippen LogP) is 3.79. The van der Waals surface area contributed by atoms with Crippen LogP contribution in [0.1, 0.15) is 11.3 Å². The van der Waals surface area contributed by atoms with Gasteiger partial charge < -0.3 is 0 Å². The van der Waals surface area contributed by atoms with Crippen molar-refractivity contribution >= 4 is 27.5 Å². The van der Waals surface area contributed by atoms with E-state index in [9.17, 15) is 4.39 Å². The van der Waals surface area contributed by atoms with Gasteiger partial charge in [-0.1, -0.05) is 33.6 Å². The summed E-state index contributed by atoms with van der Waals surface area (Å²) >= 11 is 9.09. The lowest BCUT2D eigenvalue weighted by Gasteiger charge is -2.06. The Labute approximate surface area is 106 Å². The average Bonchev–Trinajstić information content (AvgIpc) is 2.54. The first-order chi connectivity index (χ1) is 7.58. The summed E-state index contributed by atoms with van der Waals surface area (Å²) in [7, 11) is 0. The summed E-state index contributed by atoms with van der Waals surface area (Å²) in [6.45, 7) is 2.24. The van der Waals surface area contributed by atoms with Gasteiger partial charge in [-0.2, -0.15) is 5.10 Å². The first-order valence-corrected chi connectivity index (χ1v) is 5.87. The highest BCUT2D eigenvalue weighted by Gasteiger charge is 2.08. The van der Waals surface area contributed by atoms with Crippen molar-refractivity contribution < 1.29 is 4.39 Å². The molecule has 16 heavy (non-hydrogen) atoms. The van der Waals surface area contributed by atoms with Crippen LogP contribution in [0.3, 0.4) is 0 Å². The van der Waals surface area contributed by atoms with Crippen molar-refractivity contribution in [2.45, 2.75) is 13.5 Å². The van der Waals surface area contributed by atoms with Crippen LogP contribution < -0.4 is 0 Å². The Bertz CT molecular complexity index is 525. The lowest BCUT2D eigenvalue weighted by molar-refractivity contribution is 0.579. The van der Waals surface area contributed by atoms with Gasteiger partial charge in [0, 0.05) is 10.0 Å². The molecule has 0 aliphatic carbocycles. The number of rotatable bonds is 2. The van der Waals surface area contributed by atoms with E-state index in [1.165, 1.54) is 6.07 Å². The zero-order valence-corrected chi connectivity index (χ0v) is 10.9. The number of hydrogen-bond acceptors (Lipinski definition) is 1. The number of benzene rings is 1. The van der Waals surface area contributed by atoms with Gasteiger partial charge in [-0.15, -0.1) is 0 Å². The summed E-state index contributed by atoms with van der Waals surface area (Å²) in [6, 6.07) is 4.98. The van der Waals surface area contributed by atoms with E-state index in [4.69, 9.17) is 11.6 Å². The highest BCUT2D eigenvalue weighted by atomic mass is 79.9. The standard InChI is InChI=1S/C11H9BrClFN2/c1-7-10(13)5-15-16(7)6-8-2-3-9(12)4-11(8)14/h2-5H,6H2,1H3. The van der Waals surface area contributed by atoms with Crippen molar-refractivity contribution in [3.05, 3.63) is 51.0 Å². The second-order valence-electron chi connectivity index (χ2n) is 3.47. The SMILES string of the molecule is Cc1c(Cl)cnn1Cc1ccc(Br)cc1F. The molecular weight excluding hydrogens is 294 g/mol. The van der Waals surface area contributed by atoms with Gasteiger partial charge in [0.05, 0.1) is 23.5 Å². The highest BCUT2D eigenvalue weighted by Crippen LogP contribution is 2.18. The molecule has 2 aromatic rings. The third kappa shape index (κ3) is 2.28. The second-order valence-corrected chi connectivity index (χ2v) is 4.79. The van der Waals surface area contributed by atoms with E-state index in [2.05, 4.69) is 21.0 Å². The third-order valence-electron chi connectivity index (χ3n) is 2.38. The number of halogens is 3. The molecule has 0 N–H and O–H groups in total. The van der Waals surface area contributed by atoms with Crippen molar-refractivity contribution in [1.82, 2.24) is 9.78 Å². The van der Waals surface area contributed by atoms with E-state index in [1.54, 1.807) is 23.0 Å². The average molecular weight is 304 g/mol. The van der Waals surface area contributed by atoms with Crippen molar-refractivity contribution in [2.24, 2.45) is 0 Å². The molecule has 0 aliphatic heterocycles. The lowest BCUT2D eigenvalue weighted by Crippen LogP contribution is -2.05. The molecule has 0 saturated carbocycles. The van der Waals surface area contributed by atoms with Crippen molar-refractivity contribution in [3.8, 4) is 0 Å². The molecule has 2 nitrogen and oxygen atoms in total. The van der Waals surface area contributed by atoms with Gasteiger partial charge in [-0.05, 0) is 19.1 Å². The van der Waals surface area contributed by atoms with Gasteiger partial charge in [-0.3, -0.25) is 4.68 Å². The lowest BCUT2D eigenvalue weighted by atomic mass is 10.2. The minimum atomic E-state index is -0.250. The maximum absolute atomic E-state index is 13.6. The molecule has 5 heteroatoms. The summed E-state index contributed by atoms with van der Waals surface area (Å²) in [6.07, 6.45) is 1.56. The molecule has 1 aromatic carbocycles.